The molecule has 0 amide bonds. The van der Waals surface area contributed by atoms with Crippen molar-refractivity contribution < 1.29 is 17.9 Å². The summed E-state index contributed by atoms with van der Waals surface area (Å²) in [5.41, 5.74) is 0.717. The summed E-state index contributed by atoms with van der Waals surface area (Å²) < 4.78 is 35.3. The first-order chi connectivity index (χ1) is 9.27. The minimum Gasteiger partial charge on any atom is -0.489 e. The minimum atomic E-state index is -3.83. The minimum absolute atomic E-state index is 0.00127. The Kier molecular flexibility index (Phi) is 4.73. The SMILES string of the molecule is Cc1cc(Br)cc(S(N)(=O)=O)c1OCC1CCC(C)O1. The van der Waals surface area contributed by atoms with Crippen LogP contribution in [0.25, 0.3) is 0 Å². The van der Waals surface area contributed by atoms with Crippen LogP contribution in [0.2, 0.25) is 0 Å². The van der Waals surface area contributed by atoms with E-state index in [1.54, 1.807) is 13.0 Å². The van der Waals surface area contributed by atoms with Crippen LogP contribution in [0.5, 0.6) is 5.75 Å². The van der Waals surface area contributed by atoms with Gasteiger partial charge in [0.25, 0.3) is 0 Å². The highest BCUT2D eigenvalue weighted by molar-refractivity contribution is 9.10. The fourth-order valence-corrected chi connectivity index (χ4v) is 3.77. The lowest BCUT2D eigenvalue weighted by Crippen LogP contribution is -2.20. The first-order valence-corrected chi connectivity index (χ1v) is 8.72. The summed E-state index contributed by atoms with van der Waals surface area (Å²) in [6.07, 6.45) is 2.14. The van der Waals surface area contributed by atoms with Crippen LogP contribution in [0.1, 0.15) is 25.3 Å². The number of aryl methyl sites for hydroxylation is 1. The van der Waals surface area contributed by atoms with Crippen molar-refractivity contribution in [3.63, 3.8) is 0 Å². The Labute approximate surface area is 127 Å². The quantitative estimate of drug-likeness (QED) is 0.890. The smallest absolute Gasteiger partial charge is 0.241 e. The molecule has 2 rings (SSSR count). The summed E-state index contributed by atoms with van der Waals surface area (Å²) >= 11 is 3.26. The van der Waals surface area contributed by atoms with Crippen LogP contribution in [-0.2, 0) is 14.8 Å². The molecule has 2 unspecified atom stereocenters. The number of rotatable bonds is 4. The first kappa shape index (κ1) is 15.8. The molecule has 0 aromatic heterocycles. The Morgan fingerprint density at radius 2 is 2.15 bits per heavy atom. The lowest BCUT2D eigenvalue weighted by molar-refractivity contribution is 0.0256. The van der Waals surface area contributed by atoms with E-state index in [1.165, 1.54) is 6.07 Å². The molecule has 1 saturated heterocycles. The van der Waals surface area contributed by atoms with Gasteiger partial charge in [0.05, 0.1) is 12.2 Å². The van der Waals surface area contributed by atoms with Crippen LogP contribution >= 0.6 is 15.9 Å². The monoisotopic (exact) mass is 363 g/mol. The molecule has 7 heteroatoms. The number of ether oxygens (including phenoxy) is 2. The van der Waals surface area contributed by atoms with Crippen molar-refractivity contribution in [2.24, 2.45) is 5.14 Å². The molecular formula is C13H18BrNO4S. The van der Waals surface area contributed by atoms with Crippen LogP contribution in [-0.4, -0.2) is 27.2 Å². The van der Waals surface area contributed by atoms with Gasteiger partial charge < -0.3 is 9.47 Å². The zero-order chi connectivity index (χ0) is 14.9. The van der Waals surface area contributed by atoms with Gasteiger partial charge in [0, 0.05) is 4.47 Å². The first-order valence-electron chi connectivity index (χ1n) is 6.38. The number of nitrogens with two attached hydrogens (primary N) is 1. The van der Waals surface area contributed by atoms with Gasteiger partial charge in [0.1, 0.15) is 17.3 Å². The highest BCUT2D eigenvalue weighted by Gasteiger charge is 2.24. The second-order valence-electron chi connectivity index (χ2n) is 5.05. The van der Waals surface area contributed by atoms with E-state index in [0.29, 0.717) is 16.8 Å². The normalized spacial score (nSPS) is 23.0. The van der Waals surface area contributed by atoms with E-state index in [0.717, 1.165) is 18.4 Å². The molecule has 20 heavy (non-hydrogen) atoms. The highest BCUT2D eigenvalue weighted by atomic mass is 79.9. The molecular weight excluding hydrogens is 346 g/mol. The van der Waals surface area contributed by atoms with E-state index in [-0.39, 0.29) is 17.1 Å². The topological polar surface area (TPSA) is 78.6 Å². The average Bonchev–Trinajstić information content (AvgIpc) is 2.72. The maximum atomic E-state index is 11.7. The van der Waals surface area contributed by atoms with Crippen molar-refractivity contribution in [3.05, 3.63) is 22.2 Å². The number of sulfonamides is 1. The predicted octanol–water partition coefficient (Wildman–Crippen LogP) is 2.35. The maximum absolute atomic E-state index is 11.7. The molecule has 0 radical (unpaired) electrons. The van der Waals surface area contributed by atoms with Crippen LogP contribution in [0.15, 0.2) is 21.5 Å². The third kappa shape index (κ3) is 3.72. The molecule has 1 aromatic rings. The Balaban J connectivity index is 2.22. The fraction of sp³-hybridized carbons (Fsp3) is 0.538. The molecule has 0 bridgehead atoms. The number of primary sulfonamides is 1. The molecule has 1 heterocycles. The van der Waals surface area contributed by atoms with Gasteiger partial charge in [0.15, 0.2) is 0 Å². The van der Waals surface area contributed by atoms with E-state index in [1.807, 2.05) is 6.92 Å². The molecule has 1 aliphatic rings. The number of halogens is 1. The van der Waals surface area contributed by atoms with Crippen molar-refractivity contribution in [2.45, 2.75) is 43.8 Å². The van der Waals surface area contributed by atoms with Crippen molar-refractivity contribution in [2.75, 3.05) is 6.61 Å². The summed E-state index contributed by atoms with van der Waals surface area (Å²) in [5.74, 6) is 0.304. The van der Waals surface area contributed by atoms with Gasteiger partial charge in [-0.1, -0.05) is 15.9 Å². The molecule has 1 aromatic carbocycles. The van der Waals surface area contributed by atoms with Crippen LogP contribution < -0.4 is 9.88 Å². The molecule has 2 N–H and O–H groups in total. The Morgan fingerprint density at radius 1 is 1.45 bits per heavy atom. The molecule has 0 spiro atoms. The van der Waals surface area contributed by atoms with Crippen molar-refractivity contribution >= 4 is 26.0 Å². The van der Waals surface area contributed by atoms with Gasteiger partial charge in [-0.3, -0.25) is 0 Å². The van der Waals surface area contributed by atoms with Gasteiger partial charge in [-0.2, -0.15) is 0 Å². The lowest BCUT2D eigenvalue weighted by atomic mass is 10.2. The summed E-state index contributed by atoms with van der Waals surface area (Å²) in [4.78, 5) is -0.00424. The summed E-state index contributed by atoms with van der Waals surface area (Å²) in [5, 5.41) is 5.24. The number of hydrogen-bond acceptors (Lipinski definition) is 4. The Bertz CT molecular complexity index is 603. The highest BCUT2D eigenvalue weighted by Crippen LogP contribution is 2.31. The van der Waals surface area contributed by atoms with E-state index < -0.39 is 10.0 Å². The molecule has 112 valence electrons. The van der Waals surface area contributed by atoms with E-state index in [4.69, 9.17) is 14.6 Å². The van der Waals surface area contributed by atoms with Gasteiger partial charge in [-0.15, -0.1) is 0 Å². The fourth-order valence-electron chi connectivity index (χ4n) is 2.28. The summed E-state index contributed by atoms with van der Waals surface area (Å²) in [6, 6.07) is 3.25. The van der Waals surface area contributed by atoms with Gasteiger partial charge in [0.2, 0.25) is 10.0 Å². The van der Waals surface area contributed by atoms with Gasteiger partial charge in [-0.25, -0.2) is 13.6 Å². The average molecular weight is 364 g/mol. The standard InChI is InChI=1S/C13H18BrNO4S/c1-8-5-10(14)6-12(20(15,16)17)13(8)18-7-11-4-3-9(2)19-11/h5-6,9,11H,3-4,7H2,1-2H3,(H2,15,16,17). The molecule has 1 aliphatic heterocycles. The van der Waals surface area contributed by atoms with E-state index in [9.17, 15) is 8.42 Å². The summed E-state index contributed by atoms with van der Waals surface area (Å²) in [6.45, 7) is 4.13. The Hall–Kier alpha value is -0.630. The Morgan fingerprint density at radius 3 is 2.70 bits per heavy atom. The molecule has 0 saturated carbocycles. The lowest BCUT2D eigenvalue weighted by Gasteiger charge is -2.17. The third-order valence-corrected chi connectivity index (χ3v) is 4.62. The second-order valence-corrected chi connectivity index (χ2v) is 7.50. The largest absolute Gasteiger partial charge is 0.489 e. The van der Waals surface area contributed by atoms with Crippen molar-refractivity contribution in [1.82, 2.24) is 0 Å². The molecule has 1 fully saturated rings. The predicted molar refractivity (Wildman–Crippen MR) is 79.3 cm³/mol. The zero-order valence-electron chi connectivity index (χ0n) is 11.4. The third-order valence-electron chi connectivity index (χ3n) is 3.25. The van der Waals surface area contributed by atoms with Crippen molar-refractivity contribution in [1.29, 1.82) is 0 Å². The number of benzene rings is 1. The molecule has 5 nitrogen and oxygen atoms in total. The van der Waals surface area contributed by atoms with Gasteiger partial charge in [-0.05, 0) is 44.4 Å². The van der Waals surface area contributed by atoms with Crippen LogP contribution in [0, 0.1) is 6.92 Å². The zero-order valence-corrected chi connectivity index (χ0v) is 13.8. The second kappa shape index (κ2) is 6.01. The van der Waals surface area contributed by atoms with E-state index in [2.05, 4.69) is 15.9 Å². The number of hydrogen-bond donors (Lipinski definition) is 1. The van der Waals surface area contributed by atoms with Crippen LogP contribution in [0.3, 0.4) is 0 Å². The van der Waals surface area contributed by atoms with E-state index >= 15 is 0 Å². The summed E-state index contributed by atoms with van der Waals surface area (Å²) in [7, 11) is -3.83. The molecule has 2 atom stereocenters. The van der Waals surface area contributed by atoms with Crippen molar-refractivity contribution in [3.8, 4) is 5.75 Å². The van der Waals surface area contributed by atoms with Gasteiger partial charge >= 0.3 is 0 Å². The maximum Gasteiger partial charge on any atom is 0.241 e. The van der Waals surface area contributed by atoms with Crippen LogP contribution in [0.4, 0.5) is 0 Å². The molecule has 0 aliphatic carbocycles.